The summed E-state index contributed by atoms with van der Waals surface area (Å²) in [6.07, 6.45) is -5.00. The number of amides is 1. The van der Waals surface area contributed by atoms with Crippen LogP contribution < -0.4 is 5.32 Å². The molecule has 1 fully saturated rings. The third-order valence-corrected chi connectivity index (χ3v) is 1.10. The van der Waals surface area contributed by atoms with Crippen molar-refractivity contribution in [2.45, 2.75) is 12.5 Å². The number of halogens is 3. The van der Waals surface area contributed by atoms with E-state index in [1.54, 1.807) is 0 Å². The van der Waals surface area contributed by atoms with Gasteiger partial charge in [0.1, 0.15) is 0 Å². The number of alkyl halides is 3. The normalized spacial score (nSPS) is 25.4. The van der Waals surface area contributed by atoms with Gasteiger partial charge in [-0.3, -0.25) is 9.53 Å². The number of carbonyl (C=O) groups excluding carboxylic acids is 1. The molecule has 0 aromatic rings. The van der Waals surface area contributed by atoms with Crippen molar-refractivity contribution >= 4 is 5.91 Å². The molecule has 0 spiro atoms. The molecular formula is C5H5F3NO2. The standard InChI is InChI=1S/C5H5F3NO2/c6-5(7,8)11-3-1-4(10)9-2-3/h1,3H,2H2,(H,9,10). The summed E-state index contributed by atoms with van der Waals surface area (Å²) in [5.74, 6) is -0.528. The molecule has 1 amide bonds. The van der Waals surface area contributed by atoms with Crippen LogP contribution in [0.25, 0.3) is 0 Å². The molecule has 0 aromatic heterocycles. The van der Waals surface area contributed by atoms with Gasteiger partial charge in [-0.1, -0.05) is 0 Å². The lowest BCUT2D eigenvalue weighted by atomic mass is 10.3. The molecule has 1 aliphatic heterocycles. The van der Waals surface area contributed by atoms with Crippen molar-refractivity contribution < 1.29 is 22.7 Å². The highest BCUT2D eigenvalue weighted by Crippen LogP contribution is 2.20. The number of rotatable bonds is 1. The Morgan fingerprint density at radius 1 is 1.64 bits per heavy atom. The Labute approximate surface area is 60.5 Å². The van der Waals surface area contributed by atoms with Gasteiger partial charge in [0, 0.05) is 6.54 Å². The van der Waals surface area contributed by atoms with Crippen molar-refractivity contribution in [2.75, 3.05) is 6.54 Å². The van der Waals surface area contributed by atoms with E-state index in [0.717, 1.165) is 6.42 Å². The molecule has 0 aromatic carbocycles. The molecule has 1 saturated heterocycles. The lowest BCUT2D eigenvalue weighted by molar-refractivity contribution is -0.335. The summed E-state index contributed by atoms with van der Waals surface area (Å²) in [6.45, 7) is -0.113. The first-order valence-electron chi connectivity index (χ1n) is 2.84. The Balaban J connectivity index is 2.34. The fourth-order valence-corrected chi connectivity index (χ4v) is 0.735. The SMILES string of the molecule is O=C1[CH]C(OC(F)(F)F)CN1. The highest BCUT2D eigenvalue weighted by Gasteiger charge is 2.36. The van der Waals surface area contributed by atoms with E-state index in [-0.39, 0.29) is 6.54 Å². The topological polar surface area (TPSA) is 38.3 Å². The van der Waals surface area contributed by atoms with Crippen LogP contribution in [-0.2, 0) is 9.53 Å². The van der Waals surface area contributed by atoms with Crippen molar-refractivity contribution in [3.05, 3.63) is 6.42 Å². The minimum absolute atomic E-state index is 0.113. The van der Waals surface area contributed by atoms with E-state index >= 15 is 0 Å². The van der Waals surface area contributed by atoms with Crippen LogP contribution in [0.1, 0.15) is 0 Å². The smallest absolute Gasteiger partial charge is 0.353 e. The molecule has 1 atom stereocenters. The number of carbonyl (C=O) groups is 1. The van der Waals surface area contributed by atoms with Gasteiger partial charge in [0.2, 0.25) is 5.91 Å². The van der Waals surface area contributed by atoms with E-state index in [4.69, 9.17) is 0 Å². The average Bonchev–Trinajstić information content (AvgIpc) is 2.10. The minimum Gasteiger partial charge on any atom is -0.353 e. The maximum absolute atomic E-state index is 11.5. The molecular weight excluding hydrogens is 163 g/mol. The van der Waals surface area contributed by atoms with Crippen LogP contribution in [-0.4, -0.2) is 24.9 Å². The van der Waals surface area contributed by atoms with Crippen LogP contribution >= 0.6 is 0 Å². The van der Waals surface area contributed by atoms with E-state index in [1.807, 2.05) is 0 Å². The Morgan fingerprint density at radius 2 is 2.27 bits per heavy atom. The average molecular weight is 168 g/mol. The predicted molar refractivity (Wildman–Crippen MR) is 28.2 cm³/mol. The lowest BCUT2D eigenvalue weighted by Crippen LogP contribution is -2.25. The highest BCUT2D eigenvalue weighted by atomic mass is 19.4. The maximum Gasteiger partial charge on any atom is 0.522 e. The molecule has 0 saturated carbocycles. The zero-order valence-electron chi connectivity index (χ0n) is 5.31. The van der Waals surface area contributed by atoms with Gasteiger partial charge in [0.05, 0.1) is 12.5 Å². The predicted octanol–water partition coefficient (Wildman–Crippen LogP) is 0.225. The van der Waals surface area contributed by atoms with Gasteiger partial charge >= 0.3 is 6.36 Å². The van der Waals surface area contributed by atoms with Gasteiger partial charge in [0.15, 0.2) is 0 Å². The first kappa shape index (κ1) is 8.32. The molecule has 1 aliphatic rings. The fraction of sp³-hybridized carbons (Fsp3) is 0.600. The summed E-state index contributed by atoms with van der Waals surface area (Å²) in [7, 11) is 0. The van der Waals surface area contributed by atoms with Crippen molar-refractivity contribution in [2.24, 2.45) is 0 Å². The van der Waals surface area contributed by atoms with Crippen LogP contribution in [0.3, 0.4) is 0 Å². The van der Waals surface area contributed by atoms with Crippen LogP contribution in [0.4, 0.5) is 13.2 Å². The third kappa shape index (κ3) is 2.75. The van der Waals surface area contributed by atoms with Crippen molar-refractivity contribution in [1.82, 2.24) is 5.32 Å². The molecule has 1 heterocycles. The second-order valence-electron chi connectivity index (χ2n) is 2.01. The zero-order chi connectivity index (χ0) is 8.48. The van der Waals surface area contributed by atoms with E-state index in [0.29, 0.717) is 0 Å². The fourth-order valence-electron chi connectivity index (χ4n) is 0.735. The second-order valence-corrected chi connectivity index (χ2v) is 2.01. The number of hydrogen-bond donors (Lipinski definition) is 1. The number of hydrogen-bond acceptors (Lipinski definition) is 2. The third-order valence-electron chi connectivity index (χ3n) is 1.10. The molecule has 6 heteroatoms. The first-order valence-corrected chi connectivity index (χ1v) is 2.84. The van der Waals surface area contributed by atoms with Crippen molar-refractivity contribution in [1.29, 1.82) is 0 Å². The summed E-state index contributed by atoms with van der Waals surface area (Å²) in [4.78, 5) is 10.3. The van der Waals surface area contributed by atoms with Gasteiger partial charge in [-0.25, -0.2) is 0 Å². The van der Waals surface area contributed by atoms with E-state index in [1.165, 1.54) is 0 Å². The monoisotopic (exact) mass is 168 g/mol. The van der Waals surface area contributed by atoms with Gasteiger partial charge in [0.25, 0.3) is 0 Å². The van der Waals surface area contributed by atoms with Gasteiger partial charge in [-0.15, -0.1) is 13.2 Å². The molecule has 63 valence electrons. The summed E-state index contributed by atoms with van der Waals surface area (Å²) in [5.41, 5.74) is 0. The second kappa shape index (κ2) is 2.69. The summed E-state index contributed by atoms with van der Waals surface area (Å²) < 4.78 is 37.9. The molecule has 3 nitrogen and oxygen atoms in total. The molecule has 0 bridgehead atoms. The number of nitrogens with one attached hydrogen (secondary N) is 1. The molecule has 0 aliphatic carbocycles. The molecule has 11 heavy (non-hydrogen) atoms. The van der Waals surface area contributed by atoms with Crippen LogP contribution in [0.15, 0.2) is 0 Å². The highest BCUT2D eigenvalue weighted by molar-refractivity contribution is 5.87. The van der Waals surface area contributed by atoms with Crippen LogP contribution in [0.2, 0.25) is 0 Å². The first-order chi connectivity index (χ1) is 4.97. The molecule has 1 N–H and O–H groups in total. The Kier molecular flexibility index (Phi) is 2.03. The minimum atomic E-state index is -4.67. The Hall–Kier alpha value is -0.780. The largest absolute Gasteiger partial charge is 0.522 e. The van der Waals surface area contributed by atoms with Gasteiger partial charge in [-0.2, -0.15) is 0 Å². The molecule has 1 unspecified atom stereocenters. The van der Waals surface area contributed by atoms with Crippen molar-refractivity contribution in [3.63, 3.8) is 0 Å². The zero-order valence-corrected chi connectivity index (χ0v) is 5.31. The van der Waals surface area contributed by atoms with Crippen molar-refractivity contribution in [3.8, 4) is 0 Å². The van der Waals surface area contributed by atoms with Crippen LogP contribution in [0.5, 0.6) is 0 Å². The summed E-state index contributed by atoms with van der Waals surface area (Å²) in [6, 6.07) is 0. The molecule has 1 rings (SSSR count). The van der Waals surface area contributed by atoms with Crippen LogP contribution in [0, 0.1) is 6.42 Å². The Bertz CT molecular complexity index is 168. The van der Waals surface area contributed by atoms with Gasteiger partial charge in [-0.05, 0) is 0 Å². The molecule has 1 radical (unpaired) electrons. The maximum atomic E-state index is 11.5. The van der Waals surface area contributed by atoms with E-state index in [2.05, 4.69) is 10.1 Å². The quantitative estimate of drug-likeness (QED) is 0.608. The Morgan fingerprint density at radius 3 is 2.64 bits per heavy atom. The van der Waals surface area contributed by atoms with E-state index in [9.17, 15) is 18.0 Å². The number of ether oxygens (including phenoxy) is 1. The lowest BCUT2D eigenvalue weighted by Gasteiger charge is -2.10. The van der Waals surface area contributed by atoms with Gasteiger partial charge < -0.3 is 5.32 Å². The van der Waals surface area contributed by atoms with E-state index < -0.39 is 18.4 Å². The summed E-state index contributed by atoms with van der Waals surface area (Å²) >= 11 is 0. The summed E-state index contributed by atoms with van der Waals surface area (Å²) in [5, 5.41) is 2.17.